The molecule has 4 amide bonds. The van der Waals surface area contributed by atoms with Gasteiger partial charge in [-0.25, -0.2) is 15.0 Å². The molecular formula is C19H21ClN8O4S. The first-order valence-electron chi connectivity index (χ1n) is 9.61. The molecule has 0 saturated heterocycles. The van der Waals surface area contributed by atoms with Gasteiger partial charge in [0.1, 0.15) is 11.9 Å². The molecule has 174 valence electrons. The van der Waals surface area contributed by atoms with Crippen LogP contribution in [0.3, 0.4) is 0 Å². The van der Waals surface area contributed by atoms with E-state index in [0.717, 1.165) is 4.88 Å². The van der Waals surface area contributed by atoms with Crippen LogP contribution in [0, 0.1) is 0 Å². The Morgan fingerprint density at radius 1 is 1.24 bits per heavy atom. The van der Waals surface area contributed by atoms with Crippen LogP contribution in [-0.4, -0.2) is 83.5 Å². The Bertz CT molecular complexity index is 1100. The quantitative estimate of drug-likeness (QED) is 0.489. The van der Waals surface area contributed by atoms with Crippen LogP contribution in [-0.2, 0) is 20.9 Å². The molecule has 0 aliphatic carbocycles. The van der Waals surface area contributed by atoms with Crippen LogP contribution in [0.2, 0.25) is 5.02 Å². The first kappa shape index (κ1) is 24.1. The zero-order valence-corrected chi connectivity index (χ0v) is 19.5. The van der Waals surface area contributed by atoms with E-state index < -0.39 is 29.7 Å². The number of halogens is 1. The number of likely N-dealkylation sites (N-methyl/N-ethyl adjacent to an activating group) is 1. The molecule has 2 aromatic heterocycles. The van der Waals surface area contributed by atoms with Gasteiger partial charge in [0.2, 0.25) is 5.91 Å². The van der Waals surface area contributed by atoms with Gasteiger partial charge in [-0.3, -0.25) is 19.2 Å². The lowest BCUT2D eigenvalue weighted by molar-refractivity contribution is -0.136. The second-order valence-corrected chi connectivity index (χ2v) is 8.73. The summed E-state index contributed by atoms with van der Waals surface area (Å²) in [5.41, 5.74) is 0. The Morgan fingerprint density at radius 3 is 2.67 bits per heavy atom. The predicted molar refractivity (Wildman–Crippen MR) is 123 cm³/mol. The van der Waals surface area contributed by atoms with E-state index >= 15 is 0 Å². The minimum absolute atomic E-state index is 0.134. The highest BCUT2D eigenvalue weighted by Crippen LogP contribution is 2.29. The summed E-state index contributed by atoms with van der Waals surface area (Å²) in [5, 5.41) is 7.74. The lowest BCUT2D eigenvalue weighted by Gasteiger charge is -2.21. The molecule has 0 spiro atoms. The number of hydrogen-bond donors (Lipinski definition) is 3. The number of pyridine rings is 1. The summed E-state index contributed by atoms with van der Waals surface area (Å²) in [5.74, 6) is -2.45. The smallest absolute Gasteiger partial charge is 0.314 e. The number of thiazole rings is 1. The summed E-state index contributed by atoms with van der Waals surface area (Å²) in [6.07, 6.45) is 2.93. The van der Waals surface area contributed by atoms with Gasteiger partial charge in [0.25, 0.3) is 5.91 Å². The molecule has 1 aliphatic rings. The van der Waals surface area contributed by atoms with Crippen molar-refractivity contribution in [2.24, 2.45) is 4.99 Å². The molecule has 14 heteroatoms. The van der Waals surface area contributed by atoms with Crippen LogP contribution >= 0.6 is 22.9 Å². The van der Waals surface area contributed by atoms with Crippen LogP contribution in [0.15, 0.2) is 23.3 Å². The van der Waals surface area contributed by atoms with Crippen LogP contribution in [0.25, 0.3) is 0 Å². The number of fused-ring (bicyclic) bond motifs is 1. The van der Waals surface area contributed by atoms with Crippen LogP contribution in [0.5, 0.6) is 0 Å². The van der Waals surface area contributed by atoms with Gasteiger partial charge in [-0.05, 0) is 12.1 Å². The molecule has 1 unspecified atom stereocenters. The third-order valence-electron chi connectivity index (χ3n) is 4.33. The third-order valence-corrected chi connectivity index (χ3v) is 5.58. The largest absolute Gasteiger partial charge is 0.360 e. The van der Waals surface area contributed by atoms with E-state index in [1.54, 1.807) is 6.34 Å². The summed E-state index contributed by atoms with van der Waals surface area (Å²) in [7, 11) is 4.86. The fourth-order valence-corrected chi connectivity index (χ4v) is 3.78. The third kappa shape index (κ3) is 6.23. The van der Waals surface area contributed by atoms with Crippen molar-refractivity contribution in [3.63, 3.8) is 0 Å². The molecule has 33 heavy (non-hydrogen) atoms. The summed E-state index contributed by atoms with van der Waals surface area (Å²) in [4.78, 5) is 65.7. The Balaban J connectivity index is 1.62. The molecule has 1 atom stereocenters. The zero-order chi connectivity index (χ0) is 24.1. The molecule has 1 aliphatic heterocycles. The van der Waals surface area contributed by atoms with Crippen molar-refractivity contribution in [1.29, 1.82) is 0 Å². The minimum Gasteiger partial charge on any atom is -0.360 e. The van der Waals surface area contributed by atoms with Gasteiger partial charge in [-0.15, -0.1) is 11.3 Å². The highest BCUT2D eigenvalue weighted by Gasteiger charge is 2.27. The maximum atomic E-state index is 12.7. The second kappa shape index (κ2) is 10.4. The molecule has 0 aromatic carbocycles. The van der Waals surface area contributed by atoms with E-state index in [2.05, 4.69) is 30.9 Å². The SMILES string of the molecule is CN1C=Nc2nc(C(=O)NC(CNC(=O)C(=O)Nc3ccc(Cl)cn3)C(=O)N(C)C)sc2C1. The second-order valence-electron chi connectivity index (χ2n) is 7.21. The number of anilines is 1. The molecule has 12 nitrogen and oxygen atoms in total. The Hall–Kier alpha value is -3.58. The van der Waals surface area contributed by atoms with Gasteiger partial charge < -0.3 is 25.8 Å². The first-order valence-corrected chi connectivity index (χ1v) is 10.8. The fraction of sp³-hybridized carbons (Fsp3) is 0.316. The van der Waals surface area contributed by atoms with Crippen molar-refractivity contribution in [3.05, 3.63) is 33.2 Å². The van der Waals surface area contributed by atoms with Crippen molar-refractivity contribution >= 4 is 64.5 Å². The van der Waals surface area contributed by atoms with Crippen LogP contribution < -0.4 is 16.0 Å². The number of aromatic nitrogens is 2. The van der Waals surface area contributed by atoms with Crippen LogP contribution in [0.4, 0.5) is 11.6 Å². The van der Waals surface area contributed by atoms with E-state index in [1.807, 2.05) is 11.9 Å². The summed E-state index contributed by atoms with van der Waals surface area (Å²) in [6, 6.07) is 1.81. The molecular weight excluding hydrogens is 472 g/mol. The number of carbonyl (C=O) groups excluding carboxylic acids is 4. The van der Waals surface area contributed by atoms with E-state index in [0.29, 0.717) is 17.4 Å². The summed E-state index contributed by atoms with van der Waals surface area (Å²) < 4.78 is 0. The number of aliphatic imine (C=N–C) groups is 1. The highest BCUT2D eigenvalue weighted by molar-refractivity contribution is 7.14. The Morgan fingerprint density at radius 2 is 2.00 bits per heavy atom. The van der Waals surface area contributed by atoms with E-state index in [9.17, 15) is 19.2 Å². The van der Waals surface area contributed by atoms with Gasteiger partial charge in [-0.1, -0.05) is 11.6 Å². The number of nitrogens with one attached hydrogen (secondary N) is 3. The molecule has 3 rings (SSSR count). The maximum Gasteiger partial charge on any atom is 0.314 e. The van der Waals surface area contributed by atoms with E-state index in [-0.39, 0.29) is 17.4 Å². The van der Waals surface area contributed by atoms with E-state index in [1.165, 1.54) is 48.7 Å². The number of carbonyl (C=O) groups is 4. The lowest BCUT2D eigenvalue weighted by atomic mass is 10.2. The monoisotopic (exact) mass is 492 g/mol. The van der Waals surface area contributed by atoms with Gasteiger partial charge in [-0.2, -0.15) is 0 Å². The number of hydrogen-bond acceptors (Lipinski definition) is 9. The van der Waals surface area contributed by atoms with Crippen molar-refractivity contribution in [3.8, 4) is 0 Å². The van der Waals surface area contributed by atoms with E-state index in [4.69, 9.17) is 11.6 Å². The lowest BCUT2D eigenvalue weighted by Crippen LogP contribution is -2.53. The van der Waals surface area contributed by atoms with Crippen molar-refractivity contribution in [1.82, 2.24) is 30.4 Å². The van der Waals surface area contributed by atoms with Gasteiger partial charge in [0, 0.05) is 33.9 Å². The zero-order valence-electron chi connectivity index (χ0n) is 18.0. The number of amides is 4. The van der Waals surface area contributed by atoms with Crippen molar-refractivity contribution < 1.29 is 19.2 Å². The number of rotatable bonds is 6. The molecule has 0 radical (unpaired) electrons. The Kier molecular flexibility index (Phi) is 7.55. The summed E-state index contributed by atoms with van der Waals surface area (Å²) >= 11 is 6.90. The van der Waals surface area contributed by atoms with Crippen molar-refractivity contribution in [2.75, 3.05) is 33.0 Å². The average molecular weight is 493 g/mol. The number of nitrogens with zero attached hydrogens (tertiary/aromatic N) is 5. The van der Waals surface area contributed by atoms with Crippen LogP contribution in [0.1, 0.15) is 14.7 Å². The Labute approximate surface area is 198 Å². The normalized spacial score (nSPS) is 13.0. The molecule has 3 heterocycles. The maximum absolute atomic E-state index is 12.7. The minimum atomic E-state index is -1.12. The highest BCUT2D eigenvalue weighted by atomic mass is 35.5. The topological polar surface area (TPSA) is 149 Å². The average Bonchev–Trinajstić information content (AvgIpc) is 3.20. The molecule has 3 N–H and O–H groups in total. The fourth-order valence-electron chi connectivity index (χ4n) is 2.69. The summed E-state index contributed by atoms with van der Waals surface area (Å²) in [6.45, 7) is 0.256. The van der Waals surface area contributed by atoms with Crippen molar-refractivity contribution in [2.45, 2.75) is 12.6 Å². The van der Waals surface area contributed by atoms with Gasteiger partial charge in [0.15, 0.2) is 10.8 Å². The first-order chi connectivity index (χ1) is 15.6. The molecule has 2 aromatic rings. The molecule has 0 bridgehead atoms. The molecule has 0 saturated carbocycles. The standard InChI is InChI=1S/C19H21ClN8O4S/c1-27(2)19(32)11(7-22-15(29)16(30)25-13-5-4-10(20)6-21-13)24-17(31)18-26-14-12(33-18)8-28(3)9-23-14/h4-6,9,11H,7-8H2,1-3H3,(H,22,29)(H,24,31)(H,21,25,30). The predicted octanol–water partition coefficient (Wildman–Crippen LogP) is 0.238. The molecule has 0 fully saturated rings. The van der Waals surface area contributed by atoms with Gasteiger partial charge >= 0.3 is 11.8 Å². The van der Waals surface area contributed by atoms with Gasteiger partial charge in [0.05, 0.1) is 22.8 Å².